The number of pyridine rings is 1. The van der Waals surface area contributed by atoms with Gasteiger partial charge in [-0.3, -0.25) is 4.79 Å². The standard InChI is InChI=1S/C13H12ClN3O2/c1-2-19-13(18)8-10-11(3-5-15)17-6-4-9(14)7-12(17)16-10/h4,6-7H,2-3,8H2,1H3. The Morgan fingerprint density at radius 2 is 2.42 bits per heavy atom. The van der Waals surface area contributed by atoms with Gasteiger partial charge in [-0.05, 0) is 13.0 Å². The first kappa shape index (κ1) is 13.4. The highest BCUT2D eigenvalue weighted by Crippen LogP contribution is 2.18. The zero-order chi connectivity index (χ0) is 13.8. The van der Waals surface area contributed by atoms with E-state index in [9.17, 15) is 4.79 Å². The van der Waals surface area contributed by atoms with E-state index in [0.29, 0.717) is 28.7 Å². The predicted molar refractivity (Wildman–Crippen MR) is 69.9 cm³/mol. The Morgan fingerprint density at radius 3 is 3.11 bits per heavy atom. The molecule has 0 spiro atoms. The van der Waals surface area contributed by atoms with Gasteiger partial charge in [-0.15, -0.1) is 0 Å². The summed E-state index contributed by atoms with van der Waals surface area (Å²) in [5.74, 6) is -0.351. The molecule has 0 amide bonds. The first-order valence-corrected chi connectivity index (χ1v) is 6.21. The smallest absolute Gasteiger partial charge is 0.311 e. The Bertz CT molecular complexity index is 658. The molecule has 0 N–H and O–H groups in total. The highest BCUT2D eigenvalue weighted by molar-refractivity contribution is 6.30. The molecule has 0 aromatic carbocycles. The Morgan fingerprint density at radius 1 is 1.63 bits per heavy atom. The van der Waals surface area contributed by atoms with Crippen molar-refractivity contribution in [3.63, 3.8) is 0 Å². The number of hydrogen-bond acceptors (Lipinski definition) is 4. The maximum atomic E-state index is 11.5. The molecule has 0 unspecified atom stereocenters. The van der Waals surface area contributed by atoms with Crippen molar-refractivity contribution in [2.45, 2.75) is 19.8 Å². The van der Waals surface area contributed by atoms with Crippen LogP contribution in [0.15, 0.2) is 18.3 Å². The average Bonchev–Trinajstić information content (AvgIpc) is 2.67. The van der Waals surface area contributed by atoms with Crippen LogP contribution in [0.3, 0.4) is 0 Å². The summed E-state index contributed by atoms with van der Waals surface area (Å²) < 4.78 is 6.67. The lowest BCUT2D eigenvalue weighted by molar-refractivity contribution is -0.142. The van der Waals surface area contributed by atoms with Gasteiger partial charge in [0.25, 0.3) is 0 Å². The Balaban J connectivity index is 2.44. The van der Waals surface area contributed by atoms with Crippen molar-refractivity contribution in [1.29, 1.82) is 5.26 Å². The first-order valence-electron chi connectivity index (χ1n) is 5.83. The zero-order valence-corrected chi connectivity index (χ0v) is 11.1. The maximum Gasteiger partial charge on any atom is 0.311 e. The topological polar surface area (TPSA) is 67.4 Å². The fraction of sp³-hybridized carbons (Fsp3) is 0.308. The molecule has 19 heavy (non-hydrogen) atoms. The zero-order valence-electron chi connectivity index (χ0n) is 10.4. The summed E-state index contributed by atoms with van der Waals surface area (Å²) in [4.78, 5) is 15.9. The van der Waals surface area contributed by atoms with E-state index in [1.165, 1.54) is 0 Å². The summed E-state index contributed by atoms with van der Waals surface area (Å²) in [6.07, 6.45) is 1.98. The van der Waals surface area contributed by atoms with Gasteiger partial charge < -0.3 is 9.14 Å². The van der Waals surface area contributed by atoms with Crippen LogP contribution in [0.1, 0.15) is 18.3 Å². The van der Waals surface area contributed by atoms with Gasteiger partial charge in [-0.25, -0.2) is 4.98 Å². The number of esters is 1. The Kier molecular flexibility index (Phi) is 4.03. The molecule has 2 rings (SSSR count). The number of nitrogens with zero attached hydrogens (tertiary/aromatic N) is 3. The Hall–Kier alpha value is -2.06. The van der Waals surface area contributed by atoms with Crippen molar-refractivity contribution < 1.29 is 9.53 Å². The Labute approximate surface area is 115 Å². The van der Waals surface area contributed by atoms with Crippen molar-refractivity contribution in [3.8, 4) is 6.07 Å². The van der Waals surface area contributed by atoms with Crippen molar-refractivity contribution in [2.24, 2.45) is 0 Å². The summed E-state index contributed by atoms with van der Waals surface area (Å²) in [7, 11) is 0. The van der Waals surface area contributed by atoms with Gasteiger partial charge in [0.1, 0.15) is 5.65 Å². The van der Waals surface area contributed by atoms with Crippen LogP contribution in [-0.2, 0) is 22.4 Å². The maximum absolute atomic E-state index is 11.5. The second-order valence-corrected chi connectivity index (χ2v) is 4.33. The molecule has 0 aliphatic carbocycles. The SMILES string of the molecule is CCOC(=O)Cc1nc2cc(Cl)ccn2c1CC#N. The third kappa shape index (κ3) is 2.85. The molecule has 0 saturated heterocycles. The molecule has 0 atom stereocenters. The van der Waals surface area contributed by atoms with Gasteiger partial charge >= 0.3 is 5.97 Å². The molecule has 2 heterocycles. The van der Waals surface area contributed by atoms with Crippen LogP contribution in [0.5, 0.6) is 0 Å². The number of halogens is 1. The van der Waals surface area contributed by atoms with Crippen LogP contribution in [-0.4, -0.2) is 22.0 Å². The van der Waals surface area contributed by atoms with E-state index in [1.807, 2.05) is 0 Å². The molecule has 6 heteroatoms. The predicted octanol–water partition coefficient (Wildman–Crippen LogP) is 2.16. The fourth-order valence-electron chi connectivity index (χ4n) is 1.87. The summed E-state index contributed by atoms with van der Waals surface area (Å²) in [5.41, 5.74) is 1.88. The van der Waals surface area contributed by atoms with Gasteiger partial charge in [-0.1, -0.05) is 11.6 Å². The third-order valence-electron chi connectivity index (χ3n) is 2.63. The van der Waals surface area contributed by atoms with Crippen molar-refractivity contribution in [1.82, 2.24) is 9.38 Å². The normalized spacial score (nSPS) is 10.4. The molecule has 0 aliphatic rings. The van der Waals surface area contributed by atoms with Gasteiger partial charge in [0.05, 0.1) is 36.9 Å². The molecule has 5 nitrogen and oxygen atoms in total. The highest BCUT2D eigenvalue weighted by Gasteiger charge is 2.15. The van der Waals surface area contributed by atoms with Crippen LogP contribution in [0, 0.1) is 11.3 Å². The number of imidazole rings is 1. The number of rotatable bonds is 4. The minimum atomic E-state index is -0.351. The molecule has 2 aromatic rings. The van der Waals surface area contributed by atoms with Crippen LogP contribution >= 0.6 is 11.6 Å². The summed E-state index contributed by atoms with van der Waals surface area (Å²) in [5, 5.41) is 9.44. The summed E-state index contributed by atoms with van der Waals surface area (Å²) >= 11 is 5.90. The lowest BCUT2D eigenvalue weighted by atomic mass is 10.2. The van der Waals surface area contributed by atoms with E-state index in [4.69, 9.17) is 21.6 Å². The molecule has 2 aromatic heterocycles. The minimum absolute atomic E-state index is 0.0597. The second-order valence-electron chi connectivity index (χ2n) is 3.90. The van der Waals surface area contributed by atoms with Crippen molar-refractivity contribution in [3.05, 3.63) is 34.7 Å². The van der Waals surface area contributed by atoms with Crippen molar-refractivity contribution >= 4 is 23.2 Å². The summed E-state index contributed by atoms with van der Waals surface area (Å²) in [6.45, 7) is 2.07. The van der Waals surface area contributed by atoms with Crippen LogP contribution < -0.4 is 0 Å². The van der Waals surface area contributed by atoms with E-state index in [0.717, 1.165) is 0 Å². The fourth-order valence-corrected chi connectivity index (χ4v) is 2.03. The monoisotopic (exact) mass is 277 g/mol. The van der Waals surface area contributed by atoms with Crippen LogP contribution in [0.4, 0.5) is 0 Å². The average molecular weight is 278 g/mol. The summed E-state index contributed by atoms with van der Waals surface area (Å²) in [6, 6.07) is 5.48. The van der Waals surface area contributed by atoms with Gasteiger partial charge in [0.15, 0.2) is 0 Å². The number of hydrogen-bond donors (Lipinski definition) is 0. The number of carbonyl (C=O) groups excluding carboxylic acids is 1. The molecule has 0 aliphatic heterocycles. The first-order chi connectivity index (χ1) is 9.15. The lowest BCUT2D eigenvalue weighted by Gasteiger charge is -2.01. The van der Waals surface area contributed by atoms with E-state index < -0.39 is 0 Å². The largest absolute Gasteiger partial charge is 0.466 e. The van der Waals surface area contributed by atoms with E-state index in [-0.39, 0.29) is 18.8 Å². The quantitative estimate of drug-likeness (QED) is 0.803. The van der Waals surface area contributed by atoms with Gasteiger partial charge in [-0.2, -0.15) is 5.26 Å². The molecule has 0 fully saturated rings. The molecular weight excluding hydrogens is 266 g/mol. The van der Waals surface area contributed by atoms with Crippen LogP contribution in [0.25, 0.3) is 5.65 Å². The molecular formula is C13H12ClN3O2. The highest BCUT2D eigenvalue weighted by atomic mass is 35.5. The van der Waals surface area contributed by atoms with E-state index in [1.54, 1.807) is 29.7 Å². The van der Waals surface area contributed by atoms with E-state index in [2.05, 4.69) is 11.1 Å². The van der Waals surface area contributed by atoms with E-state index >= 15 is 0 Å². The van der Waals surface area contributed by atoms with Gasteiger partial charge in [0.2, 0.25) is 0 Å². The van der Waals surface area contributed by atoms with Crippen molar-refractivity contribution in [2.75, 3.05) is 6.61 Å². The second kappa shape index (κ2) is 5.72. The molecule has 98 valence electrons. The number of fused-ring (bicyclic) bond motifs is 1. The molecule has 0 saturated carbocycles. The number of nitriles is 1. The van der Waals surface area contributed by atoms with Gasteiger partial charge in [0, 0.05) is 17.3 Å². The number of carbonyl (C=O) groups is 1. The molecule has 0 bridgehead atoms. The minimum Gasteiger partial charge on any atom is -0.466 e. The lowest BCUT2D eigenvalue weighted by Crippen LogP contribution is -2.09. The molecule has 0 radical (unpaired) electrons. The third-order valence-corrected chi connectivity index (χ3v) is 2.87. The number of ether oxygens (including phenoxy) is 1. The number of aromatic nitrogens is 2. The van der Waals surface area contributed by atoms with Crippen LogP contribution in [0.2, 0.25) is 5.02 Å².